The summed E-state index contributed by atoms with van der Waals surface area (Å²) in [6.07, 6.45) is -3.14. The minimum atomic E-state index is -1.70. The van der Waals surface area contributed by atoms with E-state index in [1.807, 2.05) is 0 Å². The predicted molar refractivity (Wildman–Crippen MR) is 63.4 cm³/mol. The van der Waals surface area contributed by atoms with E-state index in [-0.39, 0.29) is 11.5 Å². The molecule has 1 aromatic rings. The van der Waals surface area contributed by atoms with E-state index in [1.165, 1.54) is 19.1 Å². The van der Waals surface area contributed by atoms with E-state index in [1.54, 1.807) is 6.92 Å². The molecule has 1 rings (SSSR count). The van der Waals surface area contributed by atoms with Crippen LogP contribution in [0.3, 0.4) is 0 Å². The van der Waals surface area contributed by atoms with E-state index in [9.17, 15) is 19.8 Å². The van der Waals surface area contributed by atoms with Gasteiger partial charge in [-0.1, -0.05) is 6.07 Å². The van der Waals surface area contributed by atoms with Gasteiger partial charge < -0.3 is 21.3 Å². The van der Waals surface area contributed by atoms with Crippen LogP contribution in [0.15, 0.2) is 12.1 Å². The van der Waals surface area contributed by atoms with Crippen molar-refractivity contribution >= 4 is 17.6 Å². The third-order valence-corrected chi connectivity index (χ3v) is 2.34. The number of hydrogen-bond acceptors (Lipinski definition) is 5. The van der Waals surface area contributed by atoms with Crippen LogP contribution >= 0.6 is 0 Å². The molecule has 0 aromatic carbocycles. The molecule has 2 unspecified atom stereocenters. The van der Waals surface area contributed by atoms with Crippen molar-refractivity contribution in [1.29, 1.82) is 0 Å². The summed E-state index contributed by atoms with van der Waals surface area (Å²) in [5, 5.41) is 21.6. The van der Waals surface area contributed by atoms with Crippen LogP contribution in [0.1, 0.15) is 24.3 Å². The third-order valence-electron chi connectivity index (χ3n) is 2.34. The molecule has 0 aliphatic heterocycles. The zero-order valence-corrected chi connectivity index (χ0v) is 10.0. The maximum absolute atomic E-state index is 10.8. The predicted octanol–water partition coefficient (Wildman–Crippen LogP) is -0.772. The highest BCUT2D eigenvalue weighted by atomic mass is 16.3. The average molecular weight is 253 g/mol. The number of aromatic nitrogens is 1. The van der Waals surface area contributed by atoms with Crippen molar-refractivity contribution in [2.45, 2.75) is 26.1 Å². The Hall–Kier alpha value is -1.99. The largest absolute Gasteiger partial charge is 0.385 e. The van der Waals surface area contributed by atoms with Crippen LogP contribution < -0.4 is 11.1 Å². The highest BCUT2D eigenvalue weighted by Crippen LogP contribution is 2.21. The molecule has 2 atom stereocenters. The molecule has 18 heavy (non-hydrogen) atoms. The van der Waals surface area contributed by atoms with Gasteiger partial charge in [0.25, 0.3) is 0 Å². The quantitative estimate of drug-likeness (QED) is 0.560. The first-order chi connectivity index (χ1) is 8.32. The van der Waals surface area contributed by atoms with Crippen LogP contribution in [0.4, 0.5) is 5.82 Å². The number of amides is 2. The minimum Gasteiger partial charge on any atom is -0.385 e. The lowest BCUT2D eigenvalue weighted by atomic mass is 10.0. The standard InChI is InChI=1S/C11H15N3O4/c1-5-7(9(16)10(17)11(12)18)3-4-8(13-5)14-6(2)15/h3-4,9-10,16-17H,1-2H3,(H2,12,18)(H,13,14,15). The number of carbonyl (C=O) groups excluding carboxylic acids is 2. The molecule has 0 saturated heterocycles. The zero-order chi connectivity index (χ0) is 13.9. The number of nitrogens with two attached hydrogens (primary N) is 1. The summed E-state index contributed by atoms with van der Waals surface area (Å²) in [6.45, 7) is 2.92. The van der Waals surface area contributed by atoms with E-state index in [0.29, 0.717) is 11.5 Å². The maximum Gasteiger partial charge on any atom is 0.249 e. The molecule has 5 N–H and O–H groups in total. The van der Waals surface area contributed by atoms with Crippen LogP contribution in [0.5, 0.6) is 0 Å². The summed E-state index contributed by atoms with van der Waals surface area (Å²) >= 11 is 0. The Labute approximate surface area is 104 Å². The smallest absolute Gasteiger partial charge is 0.249 e. The molecule has 0 fully saturated rings. The van der Waals surface area contributed by atoms with Gasteiger partial charge in [0, 0.05) is 18.2 Å². The molecular formula is C11H15N3O4. The number of pyridine rings is 1. The van der Waals surface area contributed by atoms with Crippen LogP contribution in [0.25, 0.3) is 0 Å². The molecule has 98 valence electrons. The Morgan fingerprint density at radius 2 is 2.00 bits per heavy atom. The van der Waals surface area contributed by atoms with Crippen molar-refractivity contribution in [2.75, 3.05) is 5.32 Å². The monoisotopic (exact) mass is 253 g/mol. The average Bonchev–Trinajstić information content (AvgIpc) is 2.26. The number of rotatable bonds is 4. The summed E-state index contributed by atoms with van der Waals surface area (Å²) in [5.74, 6) is -0.968. The fourth-order valence-electron chi connectivity index (χ4n) is 1.46. The van der Waals surface area contributed by atoms with Crippen LogP contribution in [-0.4, -0.2) is 33.1 Å². The van der Waals surface area contributed by atoms with Crippen molar-refractivity contribution in [3.63, 3.8) is 0 Å². The molecule has 0 saturated carbocycles. The number of carbonyl (C=O) groups is 2. The number of hydrogen-bond donors (Lipinski definition) is 4. The van der Waals surface area contributed by atoms with Gasteiger partial charge in [0.15, 0.2) is 6.10 Å². The molecule has 0 radical (unpaired) electrons. The summed E-state index contributed by atoms with van der Waals surface area (Å²) in [5.41, 5.74) is 5.55. The van der Waals surface area contributed by atoms with Crippen molar-refractivity contribution in [3.05, 3.63) is 23.4 Å². The fourth-order valence-corrected chi connectivity index (χ4v) is 1.46. The molecule has 1 aromatic heterocycles. The summed E-state index contributed by atoms with van der Waals surface area (Å²) in [7, 11) is 0. The number of anilines is 1. The Morgan fingerprint density at radius 3 is 2.44 bits per heavy atom. The molecule has 1 heterocycles. The normalized spacial score (nSPS) is 13.8. The molecule has 0 aliphatic rings. The van der Waals surface area contributed by atoms with Gasteiger partial charge in [-0.2, -0.15) is 0 Å². The zero-order valence-electron chi connectivity index (χ0n) is 10.0. The minimum absolute atomic E-state index is 0.271. The van der Waals surface area contributed by atoms with Crippen LogP contribution in [0, 0.1) is 6.92 Å². The number of nitrogens with one attached hydrogen (secondary N) is 1. The number of aryl methyl sites for hydroxylation is 1. The Morgan fingerprint density at radius 1 is 1.39 bits per heavy atom. The SMILES string of the molecule is CC(=O)Nc1ccc(C(O)C(O)C(N)=O)c(C)n1. The van der Waals surface area contributed by atoms with E-state index >= 15 is 0 Å². The lowest BCUT2D eigenvalue weighted by Gasteiger charge is -2.17. The number of aliphatic hydroxyl groups excluding tert-OH is 2. The van der Waals surface area contributed by atoms with Crippen molar-refractivity contribution < 1.29 is 19.8 Å². The molecular weight excluding hydrogens is 238 g/mol. The number of primary amides is 1. The third kappa shape index (κ3) is 3.25. The Bertz CT molecular complexity index is 475. The molecule has 0 aliphatic carbocycles. The van der Waals surface area contributed by atoms with Gasteiger partial charge in [-0.3, -0.25) is 9.59 Å². The number of aliphatic hydroxyl groups is 2. The second-order valence-corrected chi connectivity index (χ2v) is 3.84. The Kier molecular flexibility index (Phi) is 4.35. The molecule has 7 heteroatoms. The molecule has 7 nitrogen and oxygen atoms in total. The summed E-state index contributed by atoms with van der Waals surface area (Å²) in [4.78, 5) is 25.6. The van der Waals surface area contributed by atoms with Gasteiger partial charge in [-0.25, -0.2) is 4.98 Å². The van der Waals surface area contributed by atoms with Gasteiger partial charge in [0.1, 0.15) is 11.9 Å². The molecule has 0 spiro atoms. The van der Waals surface area contributed by atoms with Crippen LogP contribution in [0.2, 0.25) is 0 Å². The summed E-state index contributed by atoms with van der Waals surface area (Å²) in [6, 6.07) is 2.92. The lowest BCUT2D eigenvalue weighted by molar-refractivity contribution is -0.132. The Balaban J connectivity index is 2.98. The van der Waals surface area contributed by atoms with E-state index in [0.717, 1.165) is 0 Å². The van der Waals surface area contributed by atoms with E-state index < -0.39 is 18.1 Å². The van der Waals surface area contributed by atoms with Gasteiger partial charge in [0.05, 0.1) is 0 Å². The second kappa shape index (κ2) is 5.56. The van der Waals surface area contributed by atoms with Gasteiger partial charge in [0.2, 0.25) is 11.8 Å². The molecule has 2 amide bonds. The number of nitrogens with zero attached hydrogens (tertiary/aromatic N) is 1. The van der Waals surface area contributed by atoms with Crippen molar-refractivity contribution in [3.8, 4) is 0 Å². The van der Waals surface area contributed by atoms with Gasteiger partial charge in [-0.15, -0.1) is 0 Å². The van der Waals surface area contributed by atoms with E-state index in [4.69, 9.17) is 5.73 Å². The second-order valence-electron chi connectivity index (χ2n) is 3.84. The maximum atomic E-state index is 10.8. The van der Waals surface area contributed by atoms with Crippen LogP contribution in [-0.2, 0) is 9.59 Å². The molecule has 0 bridgehead atoms. The first kappa shape index (κ1) is 14.1. The first-order valence-corrected chi connectivity index (χ1v) is 5.23. The fraction of sp³-hybridized carbons (Fsp3) is 0.364. The topological polar surface area (TPSA) is 126 Å². The van der Waals surface area contributed by atoms with Crippen molar-refractivity contribution in [2.24, 2.45) is 5.73 Å². The lowest BCUT2D eigenvalue weighted by Crippen LogP contribution is -2.34. The highest BCUT2D eigenvalue weighted by molar-refractivity contribution is 5.87. The van der Waals surface area contributed by atoms with Gasteiger partial charge >= 0.3 is 0 Å². The first-order valence-electron chi connectivity index (χ1n) is 5.23. The highest BCUT2D eigenvalue weighted by Gasteiger charge is 2.25. The summed E-state index contributed by atoms with van der Waals surface area (Å²) < 4.78 is 0. The van der Waals surface area contributed by atoms with Gasteiger partial charge in [-0.05, 0) is 13.0 Å². The van der Waals surface area contributed by atoms with E-state index in [2.05, 4.69) is 10.3 Å². The van der Waals surface area contributed by atoms with Crippen molar-refractivity contribution in [1.82, 2.24) is 4.98 Å².